The van der Waals surface area contributed by atoms with Crippen molar-refractivity contribution >= 4 is 40.5 Å². The smallest absolute Gasteiger partial charge is 0.243 e. The van der Waals surface area contributed by atoms with Crippen LogP contribution >= 0.6 is 23.4 Å². The number of carbonyl (C=O) groups is 1. The minimum Gasteiger partial charge on any atom is -0.324 e. The quantitative estimate of drug-likeness (QED) is 0.452. The molecule has 0 aliphatic carbocycles. The molecular formula is C22H15ClN2OS. The van der Waals surface area contributed by atoms with E-state index in [-0.39, 0.29) is 11.2 Å². The molecule has 3 heterocycles. The van der Waals surface area contributed by atoms with E-state index in [9.17, 15) is 4.79 Å². The van der Waals surface area contributed by atoms with Crippen LogP contribution in [0.15, 0.2) is 83.9 Å². The topological polar surface area (TPSA) is 33.5 Å². The molecule has 1 amide bonds. The molecule has 0 spiro atoms. The first-order chi connectivity index (χ1) is 13.2. The first kappa shape index (κ1) is 16.5. The van der Waals surface area contributed by atoms with Gasteiger partial charge in [-0.2, -0.15) is 0 Å². The molecule has 1 aliphatic heterocycles. The molecule has 0 bridgehead atoms. The van der Waals surface area contributed by atoms with E-state index >= 15 is 0 Å². The molecule has 0 saturated heterocycles. The SMILES string of the molecule is O=C1Nc2ccccc2S[C@H]1c1c(-c2ccc(Cl)cc2)cc2ccccn12. The van der Waals surface area contributed by atoms with Gasteiger partial charge in [-0.3, -0.25) is 4.79 Å². The zero-order chi connectivity index (χ0) is 18.4. The summed E-state index contributed by atoms with van der Waals surface area (Å²) < 4.78 is 2.11. The third-order valence-corrected chi connectivity index (χ3v) is 6.29. The third-order valence-electron chi connectivity index (χ3n) is 4.75. The number of fused-ring (bicyclic) bond motifs is 2. The minimum absolute atomic E-state index is 0.00207. The Kier molecular flexibility index (Phi) is 3.96. The summed E-state index contributed by atoms with van der Waals surface area (Å²) in [6.45, 7) is 0. The number of anilines is 1. The zero-order valence-electron chi connectivity index (χ0n) is 14.2. The van der Waals surface area contributed by atoms with Gasteiger partial charge in [0.1, 0.15) is 5.25 Å². The van der Waals surface area contributed by atoms with Gasteiger partial charge in [-0.15, -0.1) is 11.8 Å². The van der Waals surface area contributed by atoms with Crippen LogP contribution in [0, 0.1) is 0 Å². The zero-order valence-corrected chi connectivity index (χ0v) is 15.8. The second-order valence-electron chi connectivity index (χ2n) is 6.43. The van der Waals surface area contributed by atoms with Crippen LogP contribution in [0.3, 0.4) is 0 Å². The van der Waals surface area contributed by atoms with E-state index in [1.807, 2.05) is 66.9 Å². The van der Waals surface area contributed by atoms with Gasteiger partial charge in [0.25, 0.3) is 0 Å². The average molecular weight is 391 g/mol. The number of rotatable bonds is 2. The maximum atomic E-state index is 13.0. The highest BCUT2D eigenvalue weighted by Crippen LogP contribution is 2.47. The number of nitrogens with one attached hydrogen (secondary N) is 1. The van der Waals surface area contributed by atoms with Crippen molar-refractivity contribution in [2.45, 2.75) is 10.1 Å². The van der Waals surface area contributed by atoms with Gasteiger partial charge in [-0.25, -0.2) is 0 Å². The molecule has 2 aromatic heterocycles. The summed E-state index contributed by atoms with van der Waals surface area (Å²) in [6, 6.07) is 23.9. The summed E-state index contributed by atoms with van der Waals surface area (Å²) in [6.07, 6.45) is 2.01. The fourth-order valence-electron chi connectivity index (χ4n) is 3.50. The van der Waals surface area contributed by atoms with E-state index in [2.05, 4.69) is 21.9 Å². The number of hydrogen-bond donors (Lipinski definition) is 1. The molecule has 132 valence electrons. The number of pyridine rings is 1. The molecule has 4 aromatic rings. The largest absolute Gasteiger partial charge is 0.324 e. The number of nitrogens with zero attached hydrogens (tertiary/aromatic N) is 1. The highest BCUT2D eigenvalue weighted by Gasteiger charge is 2.32. The minimum atomic E-state index is -0.338. The van der Waals surface area contributed by atoms with Gasteiger partial charge in [-0.05, 0) is 48.0 Å². The molecule has 0 saturated carbocycles. The van der Waals surface area contributed by atoms with Gasteiger partial charge < -0.3 is 9.72 Å². The lowest BCUT2D eigenvalue weighted by Crippen LogP contribution is -2.24. The fraction of sp³-hybridized carbons (Fsp3) is 0.0455. The van der Waals surface area contributed by atoms with Crippen LogP contribution in [0.1, 0.15) is 10.9 Å². The van der Waals surface area contributed by atoms with E-state index in [1.54, 1.807) is 11.8 Å². The molecule has 0 fully saturated rings. The molecule has 0 unspecified atom stereocenters. The number of halogens is 1. The molecule has 3 nitrogen and oxygen atoms in total. The van der Waals surface area contributed by atoms with Crippen molar-refractivity contribution in [3.8, 4) is 11.1 Å². The van der Waals surface area contributed by atoms with Crippen molar-refractivity contribution in [2.75, 3.05) is 5.32 Å². The summed E-state index contributed by atoms with van der Waals surface area (Å²) in [5, 5.41) is 3.42. The van der Waals surface area contributed by atoms with Crippen molar-refractivity contribution in [1.29, 1.82) is 0 Å². The Morgan fingerprint density at radius 3 is 2.59 bits per heavy atom. The van der Waals surface area contributed by atoms with Crippen LogP contribution in [0.2, 0.25) is 5.02 Å². The molecule has 5 rings (SSSR count). The van der Waals surface area contributed by atoms with Crippen molar-refractivity contribution in [1.82, 2.24) is 4.40 Å². The number of thioether (sulfide) groups is 1. The number of amides is 1. The molecular weight excluding hydrogens is 376 g/mol. The van der Waals surface area contributed by atoms with Crippen molar-refractivity contribution in [2.24, 2.45) is 0 Å². The van der Waals surface area contributed by atoms with Gasteiger partial charge in [0.2, 0.25) is 5.91 Å². The predicted octanol–water partition coefficient (Wildman–Crippen LogP) is 6.05. The standard InChI is InChI=1S/C22H15ClN2OS/c23-15-10-8-14(9-11-15)17-13-16-5-3-4-12-25(16)20(17)21-22(26)24-18-6-1-2-7-19(18)27-21/h1-13,21H,(H,24,26)/t21-/m0/s1. The Labute approximate surface area is 166 Å². The maximum absolute atomic E-state index is 13.0. The number of aromatic nitrogens is 1. The van der Waals surface area contributed by atoms with E-state index in [0.29, 0.717) is 5.02 Å². The first-order valence-corrected chi connectivity index (χ1v) is 9.89. The normalized spacial score (nSPS) is 16.2. The van der Waals surface area contributed by atoms with Crippen LogP contribution in [0.4, 0.5) is 5.69 Å². The summed E-state index contributed by atoms with van der Waals surface area (Å²) in [5.41, 5.74) is 5.00. The third kappa shape index (κ3) is 2.82. The highest BCUT2D eigenvalue weighted by molar-refractivity contribution is 8.00. The van der Waals surface area contributed by atoms with Crippen molar-refractivity contribution in [3.05, 3.63) is 89.7 Å². The van der Waals surface area contributed by atoms with E-state index in [4.69, 9.17) is 11.6 Å². The van der Waals surface area contributed by atoms with Crippen molar-refractivity contribution in [3.63, 3.8) is 0 Å². The van der Waals surface area contributed by atoms with Gasteiger partial charge in [0.15, 0.2) is 0 Å². The first-order valence-electron chi connectivity index (χ1n) is 8.63. The molecule has 5 heteroatoms. The van der Waals surface area contributed by atoms with E-state index in [1.165, 1.54) is 0 Å². The number of hydrogen-bond acceptors (Lipinski definition) is 2. The molecule has 1 aliphatic rings. The maximum Gasteiger partial charge on any atom is 0.243 e. The van der Waals surface area contributed by atoms with Crippen molar-refractivity contribution < 1.29 is 4.79 Å². The Bertz CT molecular complexity index is 1170. The van der Waals surface area contributed by atoms with E-state index < -0.39 is 0 Å². The molecule has 2 aromatic carbocycles. The molecule has 27 heavy (non-hydrogen) atoms. The summed E-state index contributed by atoms with van der Waals surface area (Å²) >= 11 is 7.66. The number of para-hydroxylation sites is 1. The highest BCUT2D eigenvalue weighted by atomic mass is 35.5. The Hall–Kier alpha value is -2.69. The summed E-state index contributed by atoms with van der Waals surface area (Å²) in [5.74, 6) is -0.00207. The second kappa shape index (κ2) is 6.48. The van der Waals surface area contributed by atoms with Crippen LogP contribution in [0.25, 0.3) is 16.6 Å². The van der Waals surface area contributed by atoms with Gasteiger partial charge in [0, 0.05) is 27.2 Å². The summed E-state index contributed by atoms with van der Waals surface area (Å²) in [4.78, 5) is 14.0. The monoisotopic (exact) mass is 390 g/mol. The Balaban J connectivity index is 1.71. The Morgan fingerprint density at radius 2 is 1.74 bits per heavy atom. The summed E-state index contributed by atoms with van der Waals surface area (Å²) in [7, 11) is 0. The van der Waals surface area contributed by atoms with Crippen LogP contribution in [0.5, 0.6) is 0 Å². The van der Waals surface area contributed by atoms with Crippen LogP contribution in [-0.2, 0) is 4.79 Å². The number of benzene rings is 2. The van der Waals surface area contributed by atoms with Crippen LogP contribution in [-0.4, -0.2) is 10.3 Å². The lowest BCUT2D eigenvalue weighted by molar-refractivity contribution is -0.116. The van der Waals surface area contributed by atoms with E-state index in [0.717, 1.165) is 32.9 Å². The average Bonchev–Trinajstić information content (AvgIpc) is 3.07. The molecule has 1 N–H and O–H groups in total. The van der Waals surface area contributed by atoms with Crippen LogP contribution < -0.4 is 5.32 Å². The Morgan fingerprint density at radius 1 is 0.963 bits per heavy atom. The van der Waals surface area contributed by atoms with Gasteiger partial charge >= 0.3 is 0 Å². The number of carbonyl (C=O) groups excluding carboxylic acids is 1. The lowest BCUT2D eigenvalue weighted by atomic mass is 10.0. The van der Waals surface area contributed by atoms with Gasteiger partial charge in [-0.1, -0.05) is 41.9 Å². The predicted molar refractivity (Wildman–Crippen MR) is 112 cm³/mol. The molecule has 1 atom stereocenters. The second-order valence-corrected chi connectivity index (χ2v) is 8.01. The van der Waals surface area contributed by atoms with Gasteiger partial charge in [0.05, 0.1) is 11.4 Å². The molecule has 0 radical (unpaired) electrons. The fourth-order valence-corrected chi connectivity index (χ4v) is 4.81. The lowest BCUT2D eigenvalue weighted by Gasteiger charge is -2.25.